The average Bonchev–Trinajstić information content (AvgIpc) is 2.76. The SMILES string of the molecule is CCN1C(=O)NCc2ccc(NC(=O)/C=C3\CC4(CCC4)Oc4cc(C(F)(F)F)ccc43)cc21. The summed E-state index contributed by atoms with van der Waals surface area (Å²) in [6.07, 6.45) is -0.155. The predicted molar refractivity (Wildman–Crippen MR) is 122 cm³/mol. The third-order valence-electron chi connectivity index (χ3n) is 6.70. The highest BCUT2D eigenvalue weighted by Gasteiger charge is 2.44. The molecule has 0 unspecified atom stereocenters. The van der Waals surface area contributed by atoms with Crippen LogP contribution in [0, 0.1) is 0 Å². The molecule has 5 rings (SSSR count). The van der Waals surface area contributed by atoms with E-state index in [0.29, 0.717) is 36.3 Å². The maximum absolute atomic E-state index is 13.2. The number of rotatable bonds is 3. The Bertz CT molecular complexity index is 1200. The van der Waals surface area contributed by atoms with E-state index in [0.717, 1.165) is 42.6 Å². The molecule has 2 aromatic carbocycles. The largest absolute Gasteiger partial charge is 0.486 e. The monoisotopic (exact) mass is 471 g/mol. The van der Waals surface area contributed by atoms with Gasteiger partial charge in [-0.25, -0.2) is 4.79 Å². The quantitative estimate of drug-likeness (QED) is 0.583. The Balaban J connectivity index is 1.43. The zero-order valence-corrected chi connectivity index (χ0v) is 18.6. The van der Waals surface area contributed by atoms with Gasteiger partial charge in [0.05, 0.1) is 11.3 Å². The lowest BCUT2D eigenvalue weighted by atomic mass is 9.72. The van der Waals surface area contributed by atoms with Gasteiger partial charge in [0.1, 0.15) is 11.4 Å². The highest BCUT2D eigenvalue weighted by molar-refractivity contribution is 6.05. The molecular weight excluding hydrogens is 447 g/mol. The lowest BCUT2D eigenvalue weighted by Crippen LogP contribution is -2.45. The van der Waals surface area contributed by atoms with Crippen molar-refractivity contribution in [2.45, 2.75) is 50.9 Å². The van der Waals surface area contributed by atoms with Gasteiger partial charge in [-0.2, -0.15) is 13.2 Å². The summed E-state index contributed by atoms with van der Waals surface area (Å²) >= 11 is 0. The molecule has 1 aliphatic carbocycles. The maximum atomic E-state index is 13.2. The highest BCUT2D eigenvalue weighted by Crippen LogP contribution is 2.50. The van der Waals surface area contributed by atoms with Gasteiger partial charge in [0.15, 0.2) is 0 Å². The summed E-state index contributed by atoms with van der Waals surface area (Å²) in [6.45, 7) is 2.77. The normalized spacial score (nSPS) is 19.6. The van der Waals surface area contributed by atoms with Crippen molar-refractivity contribution in [2.75, 3.05) is 16.8 Å². The molecule has 9 heteroatoms. The van der Waals surface area contributed by atoms with Crippen molar-refractivity contribution < 1.29 is 27.5 Å². The molecule has 2 aromatic rings. The number of fused-ring (bicyclic) bond motifs is 2. The molecule has 3 amide bonds. The molecule has 1 fully saturated rings. The zero-order chi connectivity index (χ0) is 24.1. The Kier molecular flexibility index (Phi) is 5.30. The van der Waals surface area contributed by atoms with Crippen LogP contribution in [0.3, 0.4) is 0 Å². The second-order valence-corrected chi connectivity index (χ2v) is 8.93. The first-order chi connectivity index (χ1) is 16.2. The number of carbonyl (C=O) groups is 2. The topological polar surface area (TPSA) is 70.7 Å². The summed E-state index contributed by atoms with van der Waals surface area (Å²) in [5, 5.41) is 5.64. The Morgan fingerprint density at radius 3 is 2.71 bits per heavy atom. The van der Waals surface area contributed by atoms with Gasteiger partial charge in [-0.1, -0.05) is 12.1 Å². The molecule has 1 saturated carbocycles. The molecule has 1 spiro atoms. The summed E-state index contributed by atoms with van der Waals surface area (Å²) in [6, 6.07) is 8.60. The highest BCUT2D eigenvalue weighted by atomic mass is 19.4. The van der Waals surface area contributed by atoms with Crippen LogP contribution in [0.15, 0.2) is 42.5 Å². The van der Waals surface area contributed by atoms with Crippen molar-refractivity contribution in [3.8, 4) is 5.75 Å². The van der Waals surface area contributed by atoms with Crippen molar-refractivity contribution in [1.29, 1.82) is 0 Å². The second-order valence-electron chi connectivity index (χ2n) is 8.93. The molecule has 0 radical (unpaired) electrons. The van der Waals surface area contributed by atoms with E-state index in [1.807, 2.05) is 13.0 Å². The first-order valence-electron chi connectivity index (χ1n) is 11.3. The van der Waals surface area contributed by atoms with Crippen LogP contribution < -0.4 is 20.3 Å². The minimum absolute atomic E-state index is 0.165. The first-order valence-corrected chi connectivity index (χ1v) is 11.3. The zero-order valence-electron chi connectivity index (χ0n) is 18.6. The summed E-state index contributed by atoms with van der Waals surface area (Å²) in [7, 11) is 0. The van der Waals surface area contributed by atoms with Crippen LogP contribution in [-0.4, -0.2) is 24.1 Å². The average molecular weight is 471 g/mol. The lowest BCUT2D eigenvalue weighted by Gasteiger charge is -2.46. The summed E-state index contributed by atoms with van der Waals surface area (Å²) in [4.78, 5) is 26.6. The molecule has 0 atom stereocenters. The van der Waals surface area contributed by atoms with Gasteiger partial charge in [0, 0.05) is 36.8 Å². The molecule has 3 aliphatic rings. The van der Waals surface area contributed by atoms with E-state index in [2.05, 4.69) is 10.6 Å². The van der Waals surface area contributed by atoms with Crippen LogP contribution in [0.2, 0.25) is 0 Å². The number of nitrogens with zero attached hydrogens (tertiary/aromatic N) is 1. The predicted octanol–water partition coefficient (Wildman–Crippen LogP) is 5.48. The van der Waals surface area contributed by atoms with Gasteiger partial charge in [0.2, 0.25) is 5.91 Å². The van der Waals surface area contributed by atoms with Gasteiger partial charge >= 0.3 is 12.2 Å². The number of anilines is 2. The van der Waals surface area contributed by atoms with Crippen LogP contribution in [0.5, 0.6) is 5.75 Å². The molecule has 6 nitrogen and oxygen atoms in total. The Morgan fingerprint density at radius 1 is 1.24 bits per heavy atom. The molecule has 178 valence electrons. The number of urea groups is 1. The minimum Gasteiger partial charge on any atom is -0.486 e. The summed E-state index contributed by atoms with van der Waals surface area (Å²) in [5.41, 5.74) is 2.05. The smallest absolute Gasteiger partial charge is 0.416 e. The molecule has 2 aliphatic heterocycles. The van der Waals surface area contributed by atoms with E-state index in [1.54, 1.807) is 17.0 Å². The van der Waals surface area contributed by atoms with E-state index in [9.17, 15) is 22.8 Å². The van der Waals surface area contributed by atoms with Crippen LogP contribution in [-0.2, 0) is 17.5 Å². The van der Waals surface area contributed by atoms with Gasteiger partial charge < -0.3 is 15.4 Å². The number of carbonyl (C=O) groups excluding carboxylic acids is 2. The summed E-state index contributed by atoms with van der Waals surface area (Å²) in [5.74, 6) is -0.223. The second kappa shape index (κ2) is 8.07. The maximum Gasteiger partial charge on any atom is 0.416 e. The van der Waals surface area contributed by atoms with Gasteiger partial charge in [-0.3, -0.25) is 9.69 Å². The minimum atomic E-state index is -4.47. The number of ether oxygens (including phenoxy) is 1. The molecule has 2 heterocycles. The number of nitrogens with one attached hydrogen (secondary N) is 2. The number of halogens is 3. The number of benzene rings is 2. The van der Waals surface area contributed by atoms with Crippen molar-refractivity contribution in [1.82, 2.24) is 5.32 Å². The lowest BCUT2D eigenvalue weighted by molar-refractivity contribution is -0.138. The Labute approximate surface area is 194 Å². The van der Waals surface area contributed by atoms with Gasteiger partial charge in [0.25, 0.3) is 0 Å². The van der Waals surface area contributed by atoms with Crippen molar-refractivity contribution in [2.24, 2.45) is 0 Å². The molecule has 2 N–H and O–H groups in total. The summed E-state index contributed by atoms with van der Waals surface area (Å²) < 4.78 is 45.7. The fraction of sp³-hybridized carbons (Fsp3) is 0.360. The van der Waals surface area contributed by atoms with E-state index < -0.39 is 17.3 Å². The van der Waals surface area contributed by atoms with Crippen LogP contribution in [0.1, 0.15) is 49.3 Å². The number of hydrogen-bond acceptors (Lipinski definition) is 3. The third-order valence-corrected chi connectivity index (χ3v) is 6.70. The van der Waals surface area contributed by atoms with E-state index in [1.165, 1.54) is 12.1 Å². The van der Waals surface area contributed by atoms with Crippen molar-refractivity contribution in [3.63, 3.8) is 0 Å². The van der Waals surface area contributed by atoms with Crippen molar-refractivity contribution >= 4 is 28.9 Å². The van der Waals surface area contributed by atoms with E-state index in [4.69, 9.17) is 4.74 Å². The molecule has 0 bridgehead atoms. The number of amides is 3. The Morgan fingerprint density at radius 2 is 2.03 bits per heavy atom. The van der Waals surface area contributed by atoms with E-state index in [-0.39, 0.29) is 17.7 Å². The first kappa shape index (κ1) is 22.3. The molecular formula is C25H24F3N3O3. The number of hydrogen-bond donors (Lipinski definition) is 2. The molecule has 0 aromatic heterocycles. The van der Waals surface area contributed by atoms with Crippen LogP contribution in [0.4, 0.5) is 29.3 Å². The van der Waals surface area contributed by atoms with Crippen LogP contribution in [0.25, 0.3) is 5.57 Å². The van der Waals surface area contributed by atoms with Crippen molar-refractivity contribution in [3.05, 3.63) is 59.2 Å². The Hall–Kier alpha value is -3.49. The fourth-order valence-corrected chi connectivity index (χ4v) is 4.81. The molecule has 0 saturated heterocycles. The van der Waals surface area contributed by atoms with E-state index >= 15 is 0 Å². The standard InChI is InChI=1S/C25H24F3N3O3/c1-2-31-20-12-18(6-4-15(20)14-29-23(31)33)30-22(32)10-16-13-24(8-3-9-24)34-21-11-17(25(26,27)28)5-7-19(16)21/h4-7,10-12H,2-3,8-9,13-14H2,1H3,(H,29,33)(H,30,32)/b16-10+. The van der Waals surface area contributed by atoms with Gasteiger partial charge in [-0.15, -0.1) is 0 Å². The number of alkyl halides is 3. The third kappa shape index (κ3) is 3.99. The fourth-order valence-electron chi connectivity index (χ4n) is 4.81. The molecule has 34 heavy (non-hydrogen) atoms. The van der Waals surface area contributed by atoms with Gasteiger partial charge in [-0.05, 0) is 61.6 Å². The van der Waals surface area contributed by atoms with Crippen LogP contribution >= 0.6 is 0 Å².